The Kier molecular flexibility index (Phi) is 9.32. The molecule has 0 aliphatic heterocycles. The third-order valence-corrected chi connectivity index (χ3v) is 3.56. The molecule has 0 rings (SSSR count). The Balaban J connectivity index is 3.38. The maximum Gasteiger partial charge on any atom is 0.389 e. The van der Waals surface area contributed by atoms with Crippen LogP contribution in [0.2, 0.25) is 0 Å². The fourth-order valence-electron chi connectivity index (χ4n) is 1.37. The van der Waals surface area contributed by atoms with Gasteiger partial charge < -0.3 is 4.74 Å². The van der Waals surface area contributed by atoms with Gasteiger partial charge in [-0.25, -0.2) is 0 Å². The molecular weight excluding hydrogens is 265 g/mol. The molecule has 0 aromatic rings. The van der Waals surface area contributed by atoms with Crippen LogP contribution in [-0.2, 0) is 9.53 Å². The van der Waals surface area contributed by atoms with Crippen LogP contribution in [0.15, 0.2) is 0 Å². The Hall–Kier alpha value is -0.390. The van der Waals surface area contributed by atoms with Crippen molar-refractivity contribution >= 4 is 17.7 Å². The van der Waals surface area contributed by atoms with Gasteiger partial charge in [-0.3, -0.25) is 4.79 Å². The second-order valence-corrected chi connectivity index (χ2v) is 5.49. The van der Waals surface area contributed by atoms with Gasteiger partial charge in [0.2, 0.25) is 0 Å². The first-order valence-corrected chi connectivity index (χ1v) is 7.26. The van der Waals surface area contributed by atoms with E-state index >= 15 is 0 Å². The maximum atomic E-state index is 11.8. The number of esters is 1. The Bertz CT molecular complexity index is 232. The first-order valence-electron chi connectivity index (χ1n) is 6.21. The summed E-state index contributed by atoms with van der Waals surface area (Å²) in [6.07, 6.45) is -2.33. The van der Waals surface area contributed by atoms with E-state index in [-0.39, 0.29) is 17.6 Å². The molecule has 0 bridgehead atoms. The summed E-state index contributed by atoms with van der Waals surface area (Å²) in [7, 11) is 0. The van der Waals surface area contributed by atoms with Gasteiger partial charge in [0.25, 0.3) is 0 Å². The van der Waals surface area contributed by atoms with Crippen LogP contribution in [0, 0.1) is 0 Å². The lowest BCUT2D eigenvalue weighted by Crippen LogP contribution is -2.17. The molecule has 0 radical (unpaired) electrons. The number of hydrogen-bond acceptors (Lipinski definition) is 3. The fraction of sp³-hybridized carbons (Fsp3) is 0.917. The van der Waals surface area contributed by atoms with E-state index in [1.54, 1.807) is 13.8 Å². The van der Waals surface area contributed by atoms with Gasteiger partial charge in [0.15, 0.2) is 0 Å². The molecular formula is C12H21F3O2S. The van der Waals surface area contributed by atoms with E-state index in [1.165, 1.54) is 11.8 Å². The highest BCUT2D eigenvalue weighted by molar-refractivity contribution is 8.00. The van der Waals surface area contributed by atoms with Crippen LogP contribution in [-0.4, -0.2) is 29.8 Å². The number of rotatable bonds is 9. The Morgan fingerprint density at radius 2 is 1.83 bits per heavy atom. The Labute approximate surface area is 111 Å². The van der Waals surface area contributed by atoms with Crippen LogP contribution in [0.3, 0.4) is 0 Å². The van der Waals surface area contributed by atoms with Gasteiger partial charge in [-0.05, 0) is 32.4 Å². The molecule has 0 N–H and O–H groups in total. The summed E-state index contributed by atoms with van der Waals surface area (Å²) in [5, 5.41) is -0.194. The van der Waals surface area contributed by atoms with Crippen molar-refractivity contribution in [2.24, 2.45) is 0 Å². The lowest BCUT2D eigenvalue weighted by molar-refractivity contribution is -0.142. The monoisotopic (exact) mass is 286 g/mol. The molecule has 0 aromatic carbocycles. The molecule has 18 heavy (non-hydrogen) atoms. The minimum absolute atomic E-state index is 0.194. The number of unbranched alkanes of at least 4 members (excludes halogenated alkanes) is 3. The molecule has 0 saturated heterocycles. The average molecular weight is 286 g/mol. The largest absolute Gasteiger partial charge is 0.465 e. The number of ether oxygens (including phenoxy) is 1. The quantitative estimate of drug-likeness (QED) is 0.470. The fourth-order valence-corrected chi connectivity index (χ4v) is 2.30. The van der Waals surface area contributed by atoms with Crippen molar-refractivity contribution in [2.45, 2.75) is 57.4 Å². The van der Waals surface area contributed by atoms with Gasteiger partial charge in [0, 0.05) is 6.42 Å². The zero-order chi connectivity index (χ0) is 14.0. The highest BCUT2D eigenvalue weighted by atomic mass is 32.2. The highest BCUT2D eigenvalue weighted by Gasteiger charge is 2.25. The molecule has 1 atom stereocenters. The van der Waals surface area contributed by atoms with Crippen molar-refractivity contribution in [2.75, 3.05) is 12.4 Å². The number of hydrogen-bond donors (Lipinski definition) is 0. The van der Waals surface area contributed by atoms with Crippen LogP contribution in [0.4, 0.5) is 13.2 Å². The van der Waals surface area contributed by atoms with Gasteiger partial charge in [-0.1, -0.05) is 12.8 Å². The molecule has 0 spiro atoms. The molecule has 0 amide bonds. The number of carbonyl (C=O) groups excluding carboxylic acids is 1. The standard InChI is InChI=1S/C12H21F3O2S/c1-3-17-11(16)10(2)18-9-7-5-4-6-8-12(13,14)15/h10H,3-9H2,1-2H3. The zero-order valence-corrected chi connectivity index (χ0v) is 11.7. The van der Waals surface area contributed by atoms with Gasteiger partial charge in [0.05, 0.1) is 11.9 Å². The summed E-state index contributed by atoms with van der Waals surface area (Å²) < 4.78 is 40.4. The van der Waals surface area contributed by atoms with Gasteiger partial charge in [0.1, 0.15) is 0 Å². The summed E-state index contributed by atoms with van der Waals surface area (Å²) in [6.45, 7) is 3.92. The molecule has 1 unspecified atom stereocenters. The van der Waals surface area contributed by atoms with Crippen LogP contribution in [0.25, 0.3) is 0 Å². The predicted molar refractivity (Wildman–Crippen MR) is 67.7 cm³/mol. The van der Waals surface area contributed by atoms with Crippen molar-refractivity contribution in [1.82, 2.24) is 0 Å². The number of thioether (sulfide) groups is 1. The lowest BCUT2D eigenvalue weighted by atomic mass is 10.1. The third-order valence-electron chi connectivity index (χ3n) is 2.34. The van der Waals surface area contributed by atoms with Crippen LogP contribution in [0.1, 0.15) is 46.0 Å². The van der Waals surface area contributed by atoms with Gasteiger partial charge in [-0.2, -0.15) is 13.2 Å². The van der Waals surface area contributed by atoms with Gasteiger partial charge in [-0.15, -0.1) is 11.8 Å². The molecule has 6 heteroatoms. The van der Waals surface area contributed by atoms with Crippen molar-refractivity contribution < 1.29 is 22.7 Å². The average Bonchev–Trinajstić information content (AvgIpc) is 2.26. The van der Waals surface area contributed by atoms with E-state index in [0.29, 0.717) is 13.0 Å². The minimum Gasteiger partial charge on any atom is -0.465 e. The Morgan fingerprint density at radius 1 is 1.22 bits per heavy atom. The van der Waals surface area contributed by atoms with Crippen LogP contribution < -0.4 is 0 Å². The van der Waals surface area contributed by atoms with E-state index in [9.17, 15) is 18.0 Å². The van der Waals surface area contributed by atoms with E-state index in [4.69, 9.17) is 4.74 Å². The topological polar surface area (TPSA) is 26.3 Å². The number of alkyl halides is 3. The molecule has 0 aliphatic rings. The third kappa shape index (κ3) is 10.7. The SMILES string of the molecule is CCOC(=O)C(C)SCCCCCCC(F)(F)F. The zero-order valence-electron chi connectivity index (χ0n) is 10.9. The summed E-state index contributed by atoms with van der Waals surface area (Å²) in [4.78, 5) is 11.3. The van der Waals surface area contributed by atoms with Crippen molar-refractivity contribution in [3.8, 4) is 0 Å². The molecule has 0 heterocycles. The first kappa shape index (κ1) is 17.6. The van der Waals surface area contributed by atoms with E-state index in [0.717, 1.165) is 18.6 Å². The molecule has 0 aromatic heterocycles. The predicted octanol–water partition coefficient (Wildman–Crippen LogP) is 4.18. The summed E-state index contributed by atoms with van der Waals surface area (Å²) in [5.74, 6) is 0.561. The lowest BCUT2D eigenvalue weighted by Gasteiger charge is -2.10. The van der Waals surface area contributed by atoms with Crippen molar-refractivity contribution in [1.29, 1.82) is 0 Å². The molecule has 0 saturated carbocycles. The summed E-state index contributed by atoms with van der Waals surface area (Å²) >= 11 is 1.49. The maximum absolute atomic E-state index is 11.8. The van der Waals surface area contributed by atoms with Crippen LogP contribution >= 0.6 is 11.8 Å². The summed E-state index contributed by atoms with van der Waals surface area (Å²) in [5.41, 5.74) is 0. The molecule has 0 aliphatic carbocycles. The Morgan fingerprint density at radius 3 is 2.39 bits per heavy atom. The second-order valence-electron chi connectivity index (χ2n) is 4.04. The normalized spacial score (nSPS) is 13.4. The van der Waals surface area contributed by atoms with Crippen LogP contribution in [0.5, 0.6) is 0 Å². The number of carbonyl (C=O) groups is 1. The highest BCUT2D eigenvalue weighted by Crippen LogP contribution is 2.23. The minimum atomic E-state index is -4.03. The first-order chi connectivity index (χ1) is 8.37. The van der Waals surface area contributed by atoms with E-state index in [2.05, 4.69) is 0 Å². The van der Waals surface area contributed by atoms with Crippen molar-refractivity contribution in [3.05, 3.63) is 0 Å². The smallest absolute Gasteiger partial charge is 0.389 e. The van der Waals surface area contributed by atoms with E-state index < -0.39 is 12.6 Å². The molecule has 2 nitrogen and oxygen atoms in total. The number of halogens is 3. The summed E-state index contributed by atoms with van der Waals surface area (Å²) in [6, 6.07) is 0. The van der Waals surface area contributed by atoms with Crippen molar-refractivity contribution in [3.63, 3.8) is 0 Å². The van der Waals surface area contributed by atoms with Gasteiger partial charge >= 0.3 is 12.1 Å². The molecule has 108 valence electrons. The van der Waals surface area contributed by atoms with E-state index in [1.807, 2.05) is 0 Å². The second kappa shape index (κ2) is 9.53. The molecule has 0 fully saturated rings.